The number of hydrogen-bond acceptors (Lipinski definition) is 7. The Labute approximate surface area is 179 Å². The zero-order chi connectivity index (χ0) is 22.0. The van der Waals surface area contributed by atoms with Crippen molar-refractivity contribution in [3.63, 3.8) is 0 Å². The number of aromatic nitrogens is 4. The van der Waals surface area contributed by atoms with Crippen LogP contribution in [-0.2, 0) is 22.5 Å². The summed E-state index contributed by atoms with van der Waals surface area (Å²) in [6.07, 6.45) is 2.37. The van der Waals surface area contributed by atoms with Crippen molar-refractivity contribution in [2.75, 3.05) is 19.3 Å². The highest BCUT2D eigenvalue weighted by Crippen LogP contribution is 2.50. The van der Waals surface area contributed by atoms with E-state index in [-0.39, 0.29) is 24.4 Å². The lowest BCUT2D eigenvalue weighted by Crippen LogP contribution is -2.39. The number of amides is 1. The highest BCUT2D eigenvalue weighted by molar-refractivity contribution is 7.88. The number of para-hydroxylation sites is 1. The van der Waals surface area contributed by atoms with Crippen molar-refractivity contribution in [2.24, 2.45) is 13.0 Å². The van der Waals surface area contributed by atoms with E-state index in [1.807, 2.05) is 31.3 Å². The predicted octanol–water partition coefficient (Wildman–Crippen LogP) is 0.986. The summed E-state index contributed by atoms with van der Waals surface area (Å²) in [5.41, 5.74) is 0.669. The summed E-state index contributed by atoms with van der Waals surface area (Å²) in [6.45, 7) is 2.39. The van der Waals surface area contributed by atoms with E-state index in [0.29, 0.717) is 36.8 Å². The molecular weight excluding hydrogens is 420 g/mol. The third-order valence-corrected chi connectivity index (χ3v) is 7.79. The molecule has 1 saturated carbocycles. The third-order valence-electron chi connectivity index (χ3n) is 6.57. The molecule has 2 fully saturated rings. The van der Waals surface area contributed by atoms with E-state index < -0.39 is 15.4 Å². The minimum absolute atomic E-state index is 0.0205. The van der Waals surface area contributed by atoms with Gasteiger partial charge in [0, 0.05) is 31.6 Å². The fourth-order valence-electron chi connectivity index (χ4n) is 5.15. The van der Waals surface area contributed by atoms with Gasteiger partial charge in [-0.05, 0) is 31.7 Å². The van der Waals surface area contributed by atoms with E-state index in [1.165, 1.54) is 10.6 Å². The number of fused-ring (bicyclic) bond motifs is 2. The Balaban J connectivity index is 1.42. The van der Waals surface area contributed by atoms with Crippen LogP contribution in [-0.4, -0.2) is 63.9 Å². The number of aryl methyl sites for hydroxylation is 2. The van der Waals surface area contributed by atoms with Gasteiger partial charge in [0.1, 0.15) is 0 Å². The van der Waals surface area contributed by atoms with Crippen molar-refractivity contribution in [1.29, 1.82) is 0 Å². The summed E-state index contributed by atoms with van der Waals surface area (Å²) < 4.78 is 33.1. The number of nitrogens with zero attached hydrogens (tertiary/aromatic N) is 5. The molecule has 11 heteroatoms. The maximum atomic E-state index is 13.1. The lowest BCUT2D eigenvalue weighted by atomic mass is 9.80. The highest BCUT2D eigenvalue weighted by atomic mass is 32.2. The van der Waals surface area contributed by atoms with Crippen LogP contribution >= 0.6 is 0 Å². The lowest BCUT2D eigenvalue weighted by molar-refractivity contribution is 0.0930. The van der Waals surface area contributed by atoms with Crippen LogP contribution in [0.5, 0.6) is 0 Å². The van der Waals surface area contributed by atoms with Crippen molar-refractivity contribution in [1.82, 2.24) is 29.5 Å². The SMILES string of the molecule is Cc1noc([C@]23C[C@H](NC(=O)c4nn(C)c5ccccc45)C[C@H]2CN(S(C)(=O)=O)C3)n1. The largest absolute Gasteiger partial charge is 0.348 e. The van der Waals surface area contributed by atoms with E-state index in [2.05, 4.69) is 20.6 Å². The first-order valence-electron chi connectivity index (χ1n) is 10.2. The second-order valence-electron chi connectivity index (χ2n) is 8.65. The van der Waals surface area contributed by atoms with Gasteiger partial charge in [0.2, 0.25) is 15.9 Å². The van der Waals surface area contributed by atoms with E-state index >= 15 is 0 Å². The molecule has 0 unspecified atom stereocenters. The standard InChI is InChI=1S/C20H24N6O4S/c1-12-21-19(30-24-12)20-9-14(8-13(20)10-26(11-20)31(3,28)29)22-18(27)17-15-6-4-5-7-16(15)25(2)23-17/h4-7,13-14H,8-11H2,1-3H3,(H,22,27)/t13-,14+,20-/m0/s1. The van der Waals surface area contributed by atoms with Crippen LogP contribution in [0.25, 0.3) is 10.9 Å². The quantitative estimate of drug-likeness (QED) is 0.636. The molecule has 31 heavy (non-hydrogen) atoms. The number of hydrogen-bond donors (Lipinski definition) is 1. The molecule has 0 radical (unpaired) electrons. The Morgan fingerprint density at radius 2 is 2.10 bits per heavy atom. The van der Waals surface area contributed by atoms with Crippen LogP contribution in [0.3, 0.4) is 0 Å². The Morgan fingerprint density at radius 3 is 2.81 bits per heavy atom. The van der Waals surface area contributed by atoms with Crippen LogP contribution < -0.4 is 5.32 Å². The van der Waals surface area contributed by atoms with Crippen LogP contribution in [0.2, 0.25) is 0 Å². The van der Waals surface area contributed by atoms with E-state index in [9.17, 15) is 13.2 Å². The summed E-state index contributed by atoms with van der Waals surface area (Å²) >= 11 is 0. The molecule has 2 aliphatic rings. The summed E-state index contributed by atoms with van der Waals surface area (Å²) in [4.78, 5) is 17.5. The number of rotatable bonds is 4. The molecule has 5 rings (SSSR count). The van der Waals surface area contributed by atoms with Crippen LogP contribution in [0.1, 0.15) is 35.0 Å². The molecular formula is C20H24N6O4S. The van der Waals surface area contributed by atoms with Gasteiger partial charge in [0.05, 0.1) is 17.2 Å². The fourth-order valence-corrected chi connectivity index (χ4v) is 6.07. The fraction of sp³-hybridized carbons (Fsp3) is 0.500. The van der Waals surface area contributed by atoms with E-state index in [1.54, 1.807) is 11.6 Å². The van der Waals surface area contributed by atoms with Crippen LogP contribution in [0.15, 0.2) is 28.8 Å². The van der Waals surface area contributed by atoms with Crippen molar-refractivity contribution in [3.8, 4) is 0 Å². The molecule has 1 aliphatic carbocycles. The first-order chi connectivity index (χ1) is 14.7. The zero-order valence-corrected chi connectivity index (χ0v) is 18.4. The summed E-state index contributed by atoms with van der Waals surface area (Å²) in [6, 6.07) is 7.45. The van der Waals surface area contributed by atoms with Gasteiger partial charge in [0.25, 0.3) is 5.91 Å². The average Bonchev–Trinajstić information content (AvgIpc) is 3.43. The topological polar surface area (TPSA) is 123 Å². The summed E-state index contributed by atoms with van der Waals surface area (Å²) in [5.74, 6) is 0.695. The predicted molar refractivity (Wildman–Crippen MR) is 112 cm³/mol. The van der Waals surface area contributed by atoms with Crippen LogP contribution in [0, 0.1) is 12.8 Å². The number of nitrogens with one attached hydrogen (secondary N) is 1. The maximum Gasteiger partial charge on any atom is 0.272 e. The molecule has 3 heterocycles. The third kappa shape index (κ3) is 3.23. The molecule has 1 aliphatic heterocycles. The zero-order valence-electron chi connectivity index (χ0n) is 17.6. The number of benzene rings is 1. The van der Waals surface area contributed by atoms with Crippen molar-refractivity contribution in [3.05, 3.63) is 41.7 Å². The molecule has 0 bridgehead atoms. The Hall–Kier alpha value is -2.79. The second kappa shape index (κ2) is 6.86. The van der Waals surface area contributed by atoms with Gasteiger partial charge in [-0.25, -0.2) is 12.7 Å². The Morgan fingerprint density at radius 1 is 1.32 bits per heavy atom. The van der Waals surface area contributed by atoms with Gasteiger partial charge in [-0.1, -0.05) is 23.4 Å². The van der Waals surface area contributed by atoms with Crippen molar-refractivity contribution < 1.29 is 17.7 Å². The number of carbonyl (C=O) groups is 1. The van der Waals surface area contributed by atoms with Gasteiger partial charge < -0.3 is 9.84 Å². The number of sulfonamides is 1. The highest BCUT2D eigenvalue weighted by Gasteiger charge is 2.59. The monoisotopic (exact) mass is 444 g/mol. The molecule has 1 saturated heterocycles. The normalized spacial score (nSPS) is 26.4. The van der Waals surface area contributed by atoms with E-state index in [4.69, 9.17) is 4.52 Å². The van der Waals surface area contributed by atoms with Crippen molar-refractivity contribution in [2.45, 2.75) is 31.2 Å². The number of carbonyl (C=O) groups excluding carboxylic acids is 1. The molecule has 1 aromatic carbocycles. The Bertz CT molecular complexity index is 1280. The maximum absolute atomic E-state index is 13.1. The minimum atomic E-state index is -3.35. The van der Waals surface area contributed by atoms with Gasteiger partial charge in [-0.3, -0.25) is 9.48 Å². The van der Waals surface area contributed by atoms with Gasteiger partial charge in [-0.2, -0.15) is 10.1 Å². The smallest absolute Gasteiger partial charge is 0.272 e. The molecule has 3 aromatic rings. The second-order valence-corrected chi connectivity index (χ2v) is 10.6. The summed E-state index contributed by atoms with van der Waals surface area (Å²) in [5, 5.41) is 12.2. The van der Waals surface area contributed by atoms with E-state index in [0.717, 1.165) is 10.9 Å². The summed E-state index contributed by atoms with van der Waals surface area (Å²) in [7, 11) is -1.53. The Kier molecular flexibility index (Phi) is 4.45. The van der Waals surface area contributed by atoms with Gasteiger partial charge in [0.15, 0.2) is 11.5 Å². The molecule has 164 valence electrons. The van der Waals surface area contributed by atoms with Crippen molar-refractivity contribution >= 4 is 26.8 Å². The molecule has 1 amide bonds. The first-order valence-corrected chi connectivity index (χ1v) is 12.0. The van der Waals surface area contributed by atoms with Gasteiger partial charge in [-0.15, -0.1) is 0 Å². The molecule has 0 spiro atoms. The molecule has 2 aromatic heterocycles. The first kappa shape index (κ1) is 20.1. The van der Waals surface area contributed by atoms with Crippen LogP contribution in [0.4, 0.5) is 0 Å². The lowest BCUT2D eigenvalue weighted by Gasteiger charge is -2.24. The molecule has 3 atom stereocenters. The molecule has 1 N–H and O–H groups in total. The average molecular weight is 445 g/mol. The minimum Gasteiger partial charge on any atom is -0.348 e. The van der Waals surface area contributed by atoms with Gasteiger partial charge >= 0.3 is 0 Å². The molecule has 10 nitrogen and oxygen atoms in total.